The largest absolute Gasteiger partial charge is 0.328 e. The first kappa shape index (κ1) is 19.8. The number of hydrogen-bond donors (Lipinski definition) is 2. The molecule has 9 nitrogen and oxygen atoms in total. The fraction of sp³-hybridized carbons (Fsp3) is 0.150. The quantitative estimate of drug-likeness (QED) is 0.449. The average molecular weight is 469 g/mol. The lowest BCUT2D eigenvalue weighted by Gasteiger charge is -2.08. The second kappa shape index (κ2) is 8.46. The monoisotopic (exact) mass is 468 g/mol. The molecule has 2 heterocycles. The van der Waals surface area contributed by atoms with Crippen molar-refractivity contribution in [3.63, 3.8) is 0 Å². The van der Waals surface area contributed by atoms with E-state index < -0.39 is 11.2 Å². The lowest BCUT2D eigenvalue weighted by Crippen LogP contribution is -2.31. The molecular formula is C20H17BrN6O3. The number of nitrogens with one attached hydrogen (secondary N) is 2. The Balaban J connectivity index is 1.41. The van der Waals surface area contributed by atoms with Crippen molar-refractivity contribution < 1.29 is 4.79 Å². The van der Waals surface area contributed by atoms with Crippen molar-refractivity contribution in [3.8, 4) is 0 Å². The number of nitrogens with zero attached hydrogens (tertiary/aromatic N) is 4. The van der Waals surface area contributed by atoms with Gasteiger partial charge in [-0.15, -0.1) is 5.10 Å². The van der Waals surface area contributed by atoms with Crippen LogP contribution in [0.4, 0.5) is 5.95 Å². The summed E-state index contributed by atoms with van der Waals surface area (Å²) in [5, 5.41) is 7.27. The lowest BCUT2D eigenvalue weighted by molar-refractivity contribution is -0.116. The Labute approximate surface area is 178 Å². The minimum Gasteiger partial charge on any atom is -0.293 e. The van der Waals surface area contributed by atoms with Crippen LogP contribution in [-0.4, -0.2) is 30.2 Å². The number of benzene rings is 2. The summed E-state index contributed by atoms with van der Waals surface area (Å²) < 4.78 is 3.99. The van der Waals surface area contributed by atoms with Crippen molar-refractivity contribution in [2.75, 3.05) is 5.32 Å². The molecule has 10 heteroatoms. The van der Waals surface area contributed by atoms with E-state index in [4.69, 9.17) is 0 Å². The highest BCUT2D eigenvalue weighted by atomic mass is 79.9. The van der Waals surface area contributed by atoms with Crippen molar-refractivity contribution in [1.82, 2.24) is 24.3 Å². The number of carbonyl (C=O) groups excluding carboxylic acids is 1. The van der Waals surface area contributed by atoms with E-state index in [0.29, 0.717) is 17.4 Å². The number of amides is 1. The third-order valence-corrected chi connectivity index (χ3v) is 5.04. The first-order valence-electron chi connectivity index (χ1n) is 9.15. The summed E-state index contributed by atoms with van der Waals surface area (Å²) in [5.41, 5.74) is 0.529. The summed E-state index contributed by atoms with van der Waals surface area (Å²) in [6.45, 7) is 0.635. The molecule has 4 rings (SSSR count). The molecule has 2 N–H and O–H groups in total. The maximum atomic E-state index is 12.3. The smallest absolute Gasteiger partial charge is 0.293 e. The molecule has 0 aliphatic carbocycles. The molecule has 0 aliphatic rings. The predicted molar refractivity (Wildman–Crippen MR) is 115 cm³/mol. The summed E-state index contributed by atoms with van der Waals surface area (Å²) in [4.78, 5) is 42.8. The molecule has 4 aromatic rings. The molecule has 0 radical (unpaired) electrons. The van der Waals surface area contributed by atoms with Crippen LogP contribution in [0.5, 0.6) is 0 Å². The molecular weight excluding hydrogens is 452 g/mol. The van der Waals surface area contributed by atoms with E-state index in [0.717, 1.165) is 10.0 Å². The van der Waals surface area contributed by atoms with Crippen LogP contribution in [0, 0.1) is 0 Å². The average Bonchev–Trinajstić information content (AvgIpc) is 3.16. The first-order chi connectivity index (χ1) is 14.5. The van der Waals surface area contributed by atoms with Gasteiger partial charge in [0.15, 0.2) is 0 Å². The van der Waals surface area contributed by atoms with E-state index in [1.807, 2.05) is 24.3 Å². The first-order valence-corrected chi connectivity index (χ1v) is 9.94. The Hall–Kier alpha value is -3.53. The third-order valence-electron chi connectivity index (χ3n) is 4.51. The summed E-state index contributed by atoms with van der Waals surface area (Å²) in [5.74, 6) is -0.144. The highest BCUT2D eigenvalue weighted by molar-refractivity contribution is 9.10. The van der Waals surface area contributed by atoms with E-state index in [2.05, 4.69) is 36.3 Å². The number of hydrogen-bond acceptors (Lipinski definition) is 5. The molecule has 152 valence electrons. The lowest BCUT2D eigenvalue weighted by atomic mass is 10.2. The van der Waals surface area contributed by atoms with Gasteiger partial charge in [-0.1, -0.05) is 40.2 Å². The zero-order valence-electron chi connectivity index (χ0n) is 15.7. The summed E-state index contributed by atoms with van der Waals surface area (Å²) in [7, 11) is 0. The SMILES string of the molecule is O=C(CCn1c(=O)[nH]c(=O)c2ccccc21)Nc1ncn(Cc2ccc(Br)cc2)n1. The maximum Gasteiger partial charge on any atom is 0.328 e. The molecule has 30 heavy (non-hydrogen) atoms. The zero-order valence-corrected chi connectivity index (χ0v) is 17.3. The minimum absolute atomic E-state index is 0.0250. The van der Waals surface area contributed by atoms with Gasteiger partial charge in [0.1, 0.15) is 6.33 Å². The van der Waals surface area contributed by atoms with Gasteiger partial charge in [-0.3, -0.25) is 24.5 Å². The summed E-state index contributed by atoms with van der Waals surface area (Å²) in [6.07, 6.45) is 1.56. The van der Waals surface area contributed by atoms with Gasteiger partial charge < -0.3 is 0 Å². The van der Waals surface area contributed by atoms with Gasteiger partial charge in [-0.05, 0) is 29.8 Å². The van der Waals surface area contributed by atoms with Crippen molar-refractivity contribution in [3.05, 3.63) is 85.7 Å². The Morgan fingerprint density at radius 3 is 2.67 bits per heavy atom. The van der Waals surface area contributed by atoms with Gasteiger partial charge in [0.25, 0.3) is 5.56 Å². The van der Waals surface area contributed by atoms with Crippen LogP contribution in [0.15, 0.2) is 68.9 Å². The fourth-order valence-electron chi connectivity index (χ4n) is 3.07. The number of aryl methyl sites for hydroxylation is 1. The van der Waals surface area contributed by atoms with Crippen LogP contribution >= 0.6 is 15.9 Å². The highest BCUT2D eigenvalue weighted by Crippen LogP contribution is 2.12. The number of rotatable bonds is 6. The van der Waals surface area contributed by atoms with Crippen LogP contribution in [0.3, 0.4) is 0 Å². The van der Waals surface area contributed by atoms with E-state index in [1.165, 1.54) is 10.9 Å². The van der Waals surface area contributed by atoms with Crippen molar-refractivity contribution in [2.45, 2.75) is 19.5 Å². The molecule has 0 unspecified atom stereocenters. The van der Waals surface area contributed by atoms with E-state index in [9.17, 15) is 14.4 Å². The summed E-state index contributed by atoms with van der Waals surface area (Å²) >= 11 is 3.39. The number of halogens is 1. The van der Waals surface area contributed by atoms with Crippen LogP contribution in [0.1, 0.15) is 12.0 Å². The Morgan fingerprint density at radius 2 is 1.87 bits per heavy atom. The standard InChI is InChI=1S/C20H17BrN6O3/c21-14-7-5-13(6-8-14)11-26-12-22-19(25-26)23-17(28)9-10-27-16-4-2-1-3-15(16)18(29)24-20(27)30/h1-8,12H,9-11H2,(H,23,25,28)(H,24,29,30). The zero-order chi connectivity index (χ0) is 21.1. The predicted octanol–water partition coefficient (Wildman–Crippen LogP) is 2.12. The van der Waals surface area contributed by atoms with Crippen molar-refractivity contribution in [2.24, 2.45) is 0 Å². The number of fused-ring (bicyclic) bond motifs is 1. The number of anilines is 1. The van der Waals surface area contributed by atoms with Gasteiger partial charge in [0.05, 0.1) is 17.4 Å². The molecule has 0 saturated carbocycles. The van der Waals surface area contributed by atoms with Gasteiger partial charge in [-0.2, -0.15) is 0 Å². The Morgan fingerprint density at radius 1 is 1.10 bits per heavy atom. The molecule has 2 aromatic heterocycles. The second-order valence-electron chi connectivity index (χ2n) is 6.62. The topological polar surface area (TPSA) is 115 Å². The molecule has 0 atom stereocenters. The van der Waals surface area contributed by atoms with Crippen LogP contribution in [-0.2, 0) is 17.9 Å². The van der Waals surface area contributed by atoms with Crippen LogP contribution in [0.25, 0.3) is 10.9 Å². The van der Waals surface area contributed by atoms with Gasteiger partial charge in [-0.25, -0.2) is 14.5 Å². The Bertz CT molecular complexity index is 1320. The van der Waals surface area contributed by atoms with Gasteiger partial charge in [0, 0.05) is 17.4 Å². The molecule has 0 saturated heterocycles. The summed E-state index contributed by atoms with van der Waals surface area (Å²) in [6, 6.07) is 14.6. The fourth-order valence-corrected chi connectivity index (χ4v) is 3.33. The normalized spacial score (nSPS) is 11.0. The molecule has 1 amide bonds. The highest BCUT2D eigenvalue weighted by Gasteiger charge is 2.11. The van der Waals surface area contributed by atoms with Crippen LogP contribution in [0.2, 0.25) is 0 Å². The molecule has 0 spiro atoms. The number of aromatic nitrogens is 5. The molecule has 0 aliphatic heterocycles. The van der Waals surface area contributed by atoms with E-state index >= 15 is 0 Å². The maximum absolute atomic E-state index is 12.3. The Kier molecular flexibility index (Phi) is 5.57. The van der Waals surface area contributed by atoms with E-state index in [-0.39, 0.29) is 24.8 Å². The molecule has 0 bridgehead atoms. The number of carbonyl (C=O) groups is 1. The molecule has 2 aromatic carbocycles. The van der Waals surface area contributed by atoms with Crippen molar-refractivity contribution in [1.29, 1.82) is 0 Å². The second-order valence-corrected chi connectivity index (χ2v) is 7.53. The van der Waals surface area contributed by atoms with Gasteiger partial charge in [0.2, 0.25) is 11.9 Å². The van der Waals surface area contributed by atoms with Crippen LogP contribution < -0.4 is 16.6 Å². The number of para-hydroxylation sites is 1. The van der Waals surface area contributed by atoms with E-state index in [1.54, 1.807) is 28.9 Å². The van der Waals surface area contributed by atoms with Crippen molar-refractivity contribution >= 4 is 38.7 Å². The minimum atomic E-state index is -0.552. The number of H-pyrrole nitrogens is 1. The third kappa shape index (κ3) is 4.38. The molecule has 0 fully saturated rings. The van der Waals surface area contributed by atoms with Gasteiger partial charge >= 0.3 is 5.69 Å². The number of aromatic amines is 1.